The summed E-state index contributed by atoms with van der Waals surface area (Å²) in [6, 6.07) is 5.76. The number of hydrogen-bond acceptors (Lipinski definition) is 2. The Labute approximate surface area is 134 Å². The SMILES string of the molecule is CCNC(=S)N1CCCC(c2nc3ccc(Cl)cc3[nH]2)C1. The lowest BCUT2D eigenvalue weighted by atomic mass is 9.98. The number of aromatic nitrogens is 2. The molecule has 4 nitrogen and oxygen atoms in total. The highest BCUT2D eigenvalue weighted by Gasteiger charge is 2.25. The third-order valence-corrected chi connectivity index (χ3v) is 4.52. The van der Waals surface area contributed by atoms with Gasteiger partial charge in [-0.1, -0.05) is 11.6 Å². The van der Waals surface area contributed by atoms with E-state index in [2.05, 4.69) is 22.1 Å². The van der Waals surface area contributed by atoms with Gasteiger partial charge in [-0.3, -0.25) is 0 Å². The monoisotopic (exact) mass is 322 g/mol. The van der Waals surface area contributed by atoms with Crippen molar-refractivity contribution >= 4 is 40.0 Å². The van der Waals surface area contributed by atoms with E-state index in [4.69, 9.17) is 28.8 Å². The molecule has 1 aromatic carbocycles. The Hall–Kier alpha value is -1.33. The summed E-state index contributed by atoms with van der Waals surface area (Å²) < 4.78 is 0. The van der Waals surface area contributed by atoms with Crippen molar-refractivity contribution in [3.05, 3.63) is 29.0 Å². The largest absolute Gasteiger partial charge is 0.363 e. The van der Waals surface area contributed by atoms with Gasteiger partial charge in [0.05, 0.1) is 11.0 Å². The number of thiocarbonyl (C=S) groups is 1. The van der Waals surface area contributed by atoms with Gasteiger partial charge in [-0.05, 0) is 50.2 Å². The Kier molecular flexibility index (Phi) is 4.31. The lowest BCUT2D eigenvalue weighted by Crippen LogP contribution is -2.44. The van der Waals surface area contributed by atoms with E-state index < -0.39 is 0 Å². The minimum atomic E-state index is 0.390. The highest BCUT2D eigenvalue weighted by molar-refractivity contribution is 7.80. The van der Waals surface area contributed by atoms with Crippen LogP contribution in [0.5, 0.6) is 0 Å². The second-order valence-electron chi connectivity index (χ2n) is 5.40. The summed E-state index contributed by atoms with van der Waals surface area (Å²) in [4.78, 5) is 10.4. The molecule has 1 fully saturated rings. The van der Waals surface area contributed by atoms with E-state index in [0.29, 0.717) is 5.92 Å². The maximum absolute atomic E-state index is 6.03. The van der Waals surface area contributed by atoms with Crippen LogP contribution in [0.1, 0.15) is 31.5 Å². The van der Waals surface area contributed by atoms with Crippen molar-refractivity contribution in [3.63, 3.8) is 0 Å². The lowest BCUT2D eigenvalue weighted by Gasteiger charge is -2.33. The van der Waals surface area contributed by atoms with Crippen LogP contribution in [0.15, 0.2) is 18.2 Å². The average molecular weight is 323 g/mol. The molecule has 0 spiro atoms. The number of fused-ring (bicyclic) bond motifs is 1. The van der Waals surface area contributed by atoms with E-state index in [-0.39, 0.29) is 0 Å². The minimum Gasteiger partial charge on any atom is -0.363 e. The van der Waals surface area contributed by atoms with Gasteiger partial charge in [0, 0.05) is 30.6 Å². The van der Waals surface area contributed by atoms with Gasteiger partial charge in [0.15, 0.2) is 5.11 Å². The number of aromatic amines is 1. The molecule has 3 rings (SSSR count). The molecule has 0 saturated carbocycles. The van der Waals surface area contributed by atoms with Crippen LogP contribution in [0.3, 0.4) is 0 Å². The first kappa shape index (κ1) is 14.6. The van der Waals surface area contributed by atoms with Gasteiger partial charge in [0.2, 0.25) is 0 Å². The van der Waals surface area contributed by atoms with E-state index in [1.165, 1.54) is 0 Å². The van der Waals surface area contributed by atoms with Crippen LogP contribution in [0.25, 0.3) is 11.0 Å². The van der Waals surface area contributed by atoms with E-state index in [1.54, 1.807) is 0 Å². The van der Waals surface area contributed by atoms with Crippen molar-refractivity contribution in [2.24, 2.45) is 0 Å². The third-order valence-electron chi connectivity index (χ3n) is 3.89. The van der Waals surface area contributed by atoms with Gasteiger partial charge in [0.1, 0.15) is 5.82 Å². The second kappa shape index (κ2) is 6.20. The number of rotatable bonds is 2. The van der Waals surface area contributed by atoms with Gasteiger partial charge in [0.25, 0.3) is 0 Å². The molecule has 1 aromatic heterocycles. The zero-order valence-electron chi connectivity index (χ0n) is 12.0. The molecule has 1 unspecified atom stereocenters. The number of likely N-dealkylation sites (tertiary alicyclic amines) is 1. The molecule has 0 amide bonds. The lowest BCUT2D eigenvalue weighted by molar-refractivity contribution is 0.300. The maximum atomic E-state index is 6.03. The van der Waals surface area contributed by atoms with Crippen LogP contribution >= 0.6 is 23.8 Å². The summed E-state index contributed by atoms with van der Waals surface area (Å²) in [6.07, 6.45) is 2.27. The highest BCUT2D eigenvalue weighted by Crippen LogP contribution is 2.27. The third kappa shape index (κ3) is 3.14. The zero-order valence-corrected chi connectivity index (χ0v) is 13.6. The molecule has 0 radical (unpaired) electrons. The second-order valence-corrected chi connectivity index (χ2v) is 6.23. The Balaban J connectivity index is 1.79. The van der Waals surface area contributed by atoms with E-state index in [1.807, 2.05) is 18.2 Å². The molecular weight excluding hydrogens is 304 g/mol. The van der Waals surface area contributed by atoms with Crippen molar-refractivity contribution in [2.45, 2.75) is 25.7 Å². The van der Waals surface area contributed by atoms with Crippen molar-refractivity contribution in [2.75, 3.05) is 19.6 Å². The van der Waals surface area contributed by atoms with Crippen molar-refractivity contribution < 1.29 is 0 Å². The summed E-state index contributed by atoms with van der Waals surface area (Å²) in [6.45, 7) is 4.87. The predicted molar refractivity (Wildman–Crippen MR) is 90.9 cm³/mol. The number of benzene rings is 1. The number of H-pyrrole nitrogens is 1. The van der Waals surface area contributed by atoms with Crippen molar-refractivity contribution in [1.29, 1.82) is 0 Å². The molecule has 0 bridgehead atoms. The maximum Gasteiger partial charge on any atom is 0.168 e. The van der Waals surface area contributed by atoms with Crippen LogP contribution in [0, 0.1) is 0 Å². The minimum absolute atomic E-state index is 0.390. The number of halogens is 1. The summed E-state index contributed by atoms with van der Waals surface area (Å²) in [5.41, 5.74) is 1.98. The van der Waals surface area contributed by atoms with E-state index >= 15 is 0 Å². The van der Waals surface area contributed by atoms with Gasteiger partial charge in [-0.2, -0.15) is 0 Å². The highest BCUT2D eigenvalue weighted by atomic mass is 35.5. The smallest absolute Gasteiger partial charge is 0.168 e. The Morgan fingerprint density at radius 3 is 3.24 bits per heavy atom. The first-order valence-corrected chi connectivity index (χ1v) is 8.14. The molecule has 21 heavy (non-hydrogen) atoms. The van der Waals surface area contributed by atoms with Crippen LogP contribution < -0.4 is 5.32 Å². The number of piperidine rings is 1. The molecule has 1 atom stereocenters. The van der Waals surface area contributed by atoms with E-state index in [9.17, 15) is 0 Å². The molecule has 1 aliphatic rings. The quantitative estimate of drug-likeness (QED) is 0.833. The Morgan fingerprint density at radius 2 is 2.43 bits per heavy atom. The molecule has 2 N–H and O–H groups in total. The Bertz CT molecular complexity index is 654. The van der Waals surface area contributed by atoms with E-state index in [0.717, 1.165) is 59.5 Å². The van der Waals surface area contributed by atoms with Crippen molar-refractivity contribution in [3.8, 4) is 0 Å². The molecule has 1 saturated heterocycles. The Morgan fingerprint density at radius 1 is 1.57 bits per heavy atom. The van der Waals surface area contributed by atoms with Gasteiger partial charge < -0.3 is 15.2 Å². The topological polar surface area (TPSA) is 44.0 Å². The summed E-state index contributed by atoms with van der Waals surface area (Å²) in [7, 11) is 0. The number of nitrogens with one attached hydrogen (secondary N) is 2. The molecule has 112 valence electrons. The van der Waals surface area contributed by atoms with Crippen molar-refractivity contribution in [1.82, 2.24) is 20.2 Å². The molecule has 2 aromatic rings. The zero-order chi connectivity index (χ0) is 14.8. The van der Waals surface area contributed by atoms with Crippen LogP contribution in [-0.4, -0.2) is 39.6 Å². The fraction of sp³-hybridized carbons (Fsp3) is 0.467. The first-order valence-electron chi connectivity index (χ1n) is 7.35. The number of nitrogens with zero attached hydrogens (tertiary/aromatic N) is 2. The fourth-order valence-electron chi connectivity index (χ4n) is 2.84. The van der Waals surface area contributed by atoms with Gasteiger partial charge >= 0.3 is 0 Å². The van der Waals surface area contributed by atoms with Gasteiger partial charge in [-0.15, -0.1) is 0 Å². The number of hydrogen-bond donors (Lipinski definition) is 2. The standard InChI is InChI=1S/C15H19ClN4S/c1-2-17-15(21)20-7-3-4-10(9-20)14-18-12-6-5-11(16)8-13(12)19-14/h5-6,8,10H,2-4,7,9H2,1H3,(H,17,21)(H,18,19). The predicted octanol–water partition coefficient (Wildman–Crippen LogP) is 3.29. The normalized spacial score (nSPS) is 19.0. The number of imidazole rings is 1. The fourth-order valence-corrected chi connectivity index (χ4v) is 3.33. The van der Waals surface area contributed by atoms with Crippen LogP contribution in [0.4, 0.5) is 0 Å². The first-order chi connectivity index (χ1) is 10.2. The van der Waals surface area contributed by atoms with Crippen LogP contribution in [0.2, 0.25) is 5.02 Å². The molecule has 6 heteroatoms. The summed E-state index contributed by atoms with van der Waals surface area (Å²) in [5, 5.41) is 4.81. The van der Waals surface area contributed by atoms with Crippen LogP contribution in [-0.2, 0) is 0 Å². The molecule has 1 aliphatic heterocycles. The van der Waals surface area contributed by atoms with Gasteiger partial charge in [-0.25, -0.2) is 4.98 Å². The molecule has 0 aliphatic carbocycles. The molecule has 2 heterocycles. The summed E-state index contributed by atoms with van der Waals surface area (Å²) in [5.74, 6) is 1.43. The summed E-state index contributed by atoms with van der Waals surface area (Å²) >= 11 is 11.5. The average Bonchev–Trinajstić information content (AvgIpc) is 2.90. The molecular formula is C15H19ClN4S.